The van der Waals surface area contributed by atoms with E-state index in [1.807, 2.05) is 51.1 Å². The molecular weight excluding hydrogens is 252 g/mol. The maximum atomic E-state index is 5.90. The molecule has 0 aliphatic heterocycles. The monoisotopic (exact) mass is 272 g/mol. The Morgan fingerprint density at radius 3 is 2.70 bits per heavy atom. The van der Waals surface area contributed by atoms with Crippen LogP contribution in [0.4, 0.5) is 11.6 Å². The van der Waals surface area contributed by atoms with E-state index < -0.39 is 0 Å². The molecule has 3 N–H and O–H groups in total. The number of benzene rings is 1. The Hall–Kier alpha value is -2.30. The molecule has 0 aliphatic rings. The summed E-state index contributed by atoms with van der Waals surface area (Å²) in [5, 5.41) is 3.17. The molecule has 0 aliphatic carbocycles. The number of aryl methyl sites for hydroxylation is 1. The van der Waals surface area contributed by atoms with Crippen LogP contribution in [0.1, 0.15) is 25.1 Å². The Labute approximate surface area is 119 Å². The van der Waals surface area contributed by atoms with Crippen molar-refractivity contribution in [2.24, 2.45) is 0 Å². The third-order valence-electron chi connectivity index (χ3n) is 2.68. The van der Waals surface area contributed by atoms with Crippen LogP contribution in [0.3, 0.4) is 0 Å². The molecule has 5 heteroatoms. The van der Waals surface area contributed by atoms with Crippen molar-refractivity contribution in [3.63, 3.8) is 0 Å². The summed E-state index contributed by atoms with van der Waals surface area (Å²) in [4.78, 5) is 8.68. The molecule has 0 unspecified atom stereocenters. The third-order valence-corrected chi connectivity index (χ3v) is 2.68. The first kappa shape index (κ1) is 14.1. The second-order valence-corrected chi connectivity index (χ2v) is 4.89. The van der Waals surface area contributed by atoms with Gasteiger partial charge in [0.15, 0.2) is 0 Å². The molecule has 0 amide bonds. The fourth-order valence-electron chi connectivity index (χ4n) is 1.79. The van der Waals surface area contributed by atoms with Gasteiger partial charge in [-0.25, -0.2) is 4.98 Å². The molecule has 106 valence electrons. The summed E-state index contributed by atoms with van der Waals surface area (Å²) in [7, 11) is 0. The highest BCUT2D eigenvalue weighted by molar-refractivity contribution is 5.48. The quantitative estimate of drug-likeness (QED) is 0.819. The summed E-state index contributed by atoms with van der Waals surface area (Å²) in [6, 6.07) is 9.54. The molecule has 20 heavy (non-hydrogen) atoms. The van der Waals surface area contributed by atoms with Crippen molar-refractivity contribution in [1.29, 1.82) is 0 Å². The minimum absolute atomic E-state index is 0.0851. The van der Waals surface area contributed by atoms with Crippen LogP contribution in [-0.2, 0) is 6.54 Å². The van der Waals surface area contributed by atoms with Gasteiger partial charge in [0, 0.05) is 24.0 Å². The molecule has 0 radical (unpaired) electrons. The second kappa shape index (κ2) is 6.23. The lowest BCUT2D eigenvalue weighted by atomic mass is 10.2. The average Bonchev–Trinajstić information content (AvgIpc) is 2.36. The van der Waals surface area contributed by atoms with Crippen LogP contribution in [0, 0.1) is 6.92 Å². The van der Waals surface area contributed by atoms with E-state index in [4.69, 9.17) is 10.5 Å². The molecular formula is C15H20N4O. The standard InChI is InChI=1S/C15H20N4O/c1-10(2)20-14-8-11(3)18-15(19-14)17-9-12-6-4-5-7-13(12)16/h4-8,10H,9,16H2,1-3H3,(H,17,18,19). The predicted octanol–water partition coefficient (Wildman–Crippen LogP) is 2.77. The van der Waals surface area contributed by atoms with Crippen LogP contribution in [0.2, 0.25) is 0 Å². The number of aromatic nitrogens is 2. The lowest BCUT2D eigenvalue weighted by Crippen LogP contribution is -2.10. The highest BCUT2D eigenvalue weighted by Gasteiger charge is 2.05. The van der Waals surface area contributed by atoms with E-state index >= 15 is 0 Å². The van der Waals surface area contributed by atoms with Crippen LogP contribution in [0.5, 0.6) is 5.88 Å². The number of hydrogen-bond donors (Lipinski definition) is 2. The second-order valence-electron chi connectivity index (χ2n) is 4.89. The van der Waals surface area contributed by atoms with Gasteiger partial charge in [0.05, 0.1) is 6.10 Å². The molecule has 0 spiro atoms. The number of anilines is 2. The van der Waals surface area contributed by atoms with Gasteiger partial charge in [-0.15, -0.1) is 0 Å². The van der Waals surface area contributed by atoms with Crippen molar-refractivity contribution in [3.8, 4) is 5.88 Å². The number of nitrogens with two attached hydrogens (primary N) is 1. The van der Waals surface area contributed by atoms with E-state index in [-0.39, 0.29) is 6.10 Å². The molecule has 1 aromatic carbocycles. The van der Waals surface area contributed by atoms with Gasteiger partial charge < -0.3 is 15.8 Å². The van der Waals surface area contributed by atoms with Crippen LogP contribution in [0.15, 0.2) is 30.3 Å². The first-order valence-electron chi connectivity index (χ1n) is 6.64. The lowest BCUT2D eigenvalue weighted by Gasteiger charge is -2.12. The van der Waals surface area contributed by atoms with Crippen molar-refractivity contribution < 1.29 is 4.74 Å². The highest BCUT2D eigenvalue weighted by atomic mass is 16.5. The fourth-order valence-corrected chi connectivity index (χ4v) is 1.79. The molecule has 0 saturated carbocycles. The van der Waals surface area contributed by atoms with Crippen molar-refractivity contribution in [2.45, 2.75) is 33.4 Å². The lowest BCUT2D eigenvalue weighted by molar-refractivity contribution is 0.232. The molecule has 2 aromatic rings. The Bertz CT molecular complexity index is 584. The van der Waals surface area contributed by atoms with E-state index in [9.17, 15) is 0 Å². The maximum absolute atomic E-state index is 5.90. The topological polar surface area (TPSA) is 73.1 Å². The molecule has 5 nitrogen and oxygen atoms in total. The number of rotatable bonds is 5. The van der Waals surface area contributed by atoms with E-state index in [2.05, 4.69) is 15.3 Å². The number of para-hydroxylation sites is 1. The first-order valence-corrected chi connectivity index (χ1v) is 6.64. The van der Waals surface area contributed by atoms with Crippen LogP contribution >= 0.6 is 0 Å². The van der Waals surface area contributed by atoms with Gasteiger partial charge in [-0.3, -0.25) is 0 Å². The smallest absolute Gasteiger partial charge is 0.226 e. The molecule has 0 atom stereocenters. The summed E-state index contributed by atoms with van der Waals surface area (Å²) in [5.74, 6) is 1.12. The van der Waals surface area contributed by atoms with Crippen molar-refractivity contribution in [2.75, 3.05) is 11.1 Å². The number of nitrogen functional groups attached to an aromatic ring is 1. The average molecular weight is 272 g/mol. The molecule has 1 aromatic heterocycles. The molecule has 1 heterocycles. The minimum Gasteiger partial charge on any atom is -0.475 e. The molecule has 0 fully saturated rings. The summed E-state index contributed by atoms with van der Waals surface area (Å²) in [5.41, 5.74) is 8.54. The van der Waals surface area contributed by atoms with Gasteiger partial charge in [0.2, 0.25) is 11.8 Å². The number of hydrogen-bond acceptors (Lipinski definition) is 5. The third kappa shape index (κ3) is 3.85. The Morgan fingerprint density at radius 1 is 1.25 bits per heavy atom. The summed E-state index contributed by atoms with van der Waals surface area (Å²) >= 11 is 0. The number of nitrogens with one attached hydrogen (secondary N) is 1. The highest BCUT2D eigenvalue weighted by Crippen LogP contribution is 2.16. The summed E-state index contributed by atoms with van der Waals surface area (Å²) in [6.45, 7) is 6.43. The van der Waals surface area contributed by atoms with Gasteiger partial charge in [0.1, 0.15) is 0 Å². The van der Waals surface area contributed by atoms with E-state index in [0.29, 0.717) is 18.4 Å². The molecule has 0 saturated heterocycles. The normalized spacial score (nSPS) is 10.6. The Morgan fingerprint density at radius 2 is 2.00 bits per heavy atom. The zero-order valence-corrected chi connectivity index (χ0v) is 12.1. The van der Waals surface area contributed by atoms with Crippen molar-refractivity contribution >= 4 is 11.6 Å². The largest absolute Gasteiger partial charge is 0.475 e. The van der Waals surface area contributed by atoms with Gasteiger partial charge in [-0.2, -0.15) is 4.98 Å². The van der Waals surface area contributed by atoms with Gasteiger partial charge in [-0.05, 0) is 32.4 Å². The Balaban J connectivity index is 2.09. The van der Waals surface area contributed by atoms with Crippen molar-refractivity contribution in [1.82, 2.24) is 9.97 Å². The summed E-state index contributed by atoms with van der Waals surface area (Å²) < 4.78 is 5.60. The zero-order valence-electron chi connectivity index (χ0n) is 12.1. The Kier molecular flexibility index (Phi) is 4.40. The van der Waals surface area contributed by atoms with E-state index in [0.717, 1.165) is 16.9 Å². The SMILES string of the molecule is Cc1cc(OC(C)C)nc(NCc2ccccc2N)n1. The van der Waals surface area contributed by atoms with Gasteiger partial charge in [0.25, 0.3) is 0 Å². The van der Waals surface area contributed by atoms with Crippen LogP contribution in [0.25, 0.3) is 0 Å². The molecule has 2 rings (SSSR count). The first-order chi connectivity index (χ1) is 9.54. The van der Waals surface area contributed by atoms with Gasteiger partial charge >= 0.3 is 0 Å². The zero-order chi connectivity index (χ0) is 14.5. The van der Waals surface area contributed by atoms with Crippen LogP contribution < -0.4 is 15.8 Å². The fraction of sp³-hybridized carbons (Fsp3) is 0.333. The summed E-state index contributed by atoms with van der Waals surface area (Å²) in [6.07, 6.45) is 0.0851. The minimum atomic E-state index is 0.0851. The van der Waals surface area contributed by atoms with E-state index in [1.54, 1.807) is 0 Å². The van der Waals surface area contributed by atoms with Crippen molar-refractivity contribution in [3.05, 3.63) is 41.6 Å². The van der Waals surface area contributed by atoms with E-state index in [1.165, 1.54) is 0 Å². The maximum Gasteiger partial charge on any atom is 0.226 e. The molecule has 0 bridgehead atoms. The predicted molar refractivity (Wildman–Crippen MR) is 80.7 cm³/mol. The van der Waals surface area contributed by atoms with Crippen LogP contribution in [-0.4, -0.2) is 16.1 Å². The number of ether oxygens (including phenoxy) is 1. The number of nitrogens with zero attached hydrogens (tertiary/aromatic N) is 2. The van der Waals surface area contributed by atoms with Gasteiger partial charge in [-0.1, -0.05) is 18.2 Å².